The molecule has 0 unspecified atom stereocenters. The van der Waals surface area contributed by atoms with Crippen LogP contribution in [-0.4, -0.2) is 23.5 Å². The second-order valence-corrected chi connectivity index (χ2v) is 5.68. The number of rotatable bonds is 7. The Morgan fingerprint density at radius 2 is 1.87 bits per heavy atom. The van der Waals surface area contributed by atoms with E-state index in [0.29, 0.717) is 11.3 Å². The number of carboxylic acid groups (broad SMARTS) is 1. The summed E-state index contributed by atoms with van der Waals surface area (Å²) in [5, 5.41) is 8.59. The first-order valence-corrected chi connectivity index (χ1v) is 7.76. The normalized spacial score (nSPS) is 10.7. The molecule has 5 heteroatoms. The van der Waals surface area contributed by atoms with E-state index < -0.39 is 5.97 Å². The highest BCUT2D eigenvalue weighted by Crippen LogP contribution is 2.16. The zero-order valence-electron chi connectivity index (χ0n) is 12.2. The van der Waals surface area contributed by atoms with Gasteiger partial charge in [-0.15, -0.1) is 0 Å². The second-order valence-electron chi connectivity index (χ2n) is 4.77. The SMILES string of the molecule is O=C(O)CCOc1cccc(/C=C/C(=O)c2ccc(Br)cc2)c1. The molecule has 0 spiro atoms. The molecule has 0 heterocycles. The van der Waals surface area contributed by atoms with E-state index in [0.717, 1.165) is 10.0 Å². The largest absolute Gasteiger partial charge is 0.493 e. The molecule has 23 heavy (non-hydrogen) atoms. The number of halogens is 1. The predicted molar refractivity (Wildman–Crippen MR) is 91.7 cm³/mol. The van der Waals surface area contributed by atoms with Crippen LogP contribution >= 0.6 is 15.9 Å². The Bertz CT molecular complexity index is 720. The number of hydrogen-bond donors (Lipinski definition) is 1. The van der Waals surface area contributed by atoms with Gasteiger partial charge in [0.1, 0.15) is 5.75 Å². The second kappa shape index (κ2) is 8.29. The fourth-order valence-electron chi connectivity index (χ4n) is 1.85. The smallest absolute Gasteiger partial charge is 0.306 e. The minimum atomic E-state index is -0.902. The number of hydrogen-bond acceptors (Lipinski definition) is 3. The molecule has 0 saturated heterocycles. The number of allylic oxidation sites excluding steroid dienone is 1. The fraction of sp³-hybridized carbons (Fsp3) is 0.111. The molecule has 4 nitrogen and oxygen atoms in total. The van der Waals surface area contributed by atoms with Crippen LogP contribution in [0.2, 0.25) is 0 Å². The lowest BCUT2D eigenvalue weighted by Gasteiger charge is -2.05. The van der Waals surface area contributed by atoms with Gasteiger partial charge in [-0.2, -0.15) is 0 Å². The molecule has 0 atom stereocenters. The Morgan fingerprint density at radius 3 is 2.57 bits per heavy atom. The van der Waals surface area contributed by atoms with Crippen molar-refractivity contribution in [1.82, 2.24) is 0 Å². The molecule has 0 amide bonds. The average Bonchev–Trinajstić information content (AvgIpc) is 2.53. The highest BCUT2D eigenvalue weighted by molar-refractivity contribution is 9.10. The summed E-state index contributed by atoms with van der Waals surface area (Å²) < 4.78 is 6.28. The lowest BCUT2D eigenvalue weighted by Crippen LogP contribution is -2.04. The summed E-state index contributed by atoms with van der Waals surface area (Å²) in [6.45, 7) is 0.111. The number of ether oxygens (including phenoxy) is 1. The van der Waals surface area contributed by atoms with Gasteiger partial charge >= 0.3 is 5.97 Å². The van der Waals surface area contributed by atoms with Crippen molar-refractivity contribution in [2.45, 2.75) is 6.42 Å². The van der Waals surface area contributed by atoms with Gasteiger partial charge in [0.15, 0.2) is 5.78 Å². The fourth-order valence-corrected chi connectivity index (χ4v) is 2.11. The van der Waals surface area contributed by atoms with Crippen molar-refractivity contribution in [3.8, 4) is 5.75 Å². The van der Waals surface area contributed by atoms with Crippen LogP contribution in [0.25, 0.3) is 6.08 Å². The van der Waals surface area contributed by atoms with E-state index in [4.69, 9.17) is 9.84 Å². The molecule has 0 aliphatic rings. The summed E-state index contributed by atoms with van der Waals surface area (Å²) in [4.78, 5) is 22.5. The summed E-state index contributed by atoms with van der Waals surface area (Å²) in [5.41, 5.74) is 1.42. The van der Waals surface area contributed by atoms with Crippen molar-refractivity contribution >= 4 is 33.8 Å². The van der Waals surface area contributed by atoms with Crippen molar-refractivity contribution in [1.29, 1.82) is 0 Å². The summed E-state index contributed by atoms with van der Waals surface area (Å²) in [7, 11) is 0. The highest BCUT2D eigenvalue weighted by atomic mass is 79.9. The first-order valence-electron chi connectivity index (χ1n) is 6.97. The highest BCUT2D eigenvalue weighted by Gasteiger charge is 2.02. The zero-order chi connectivity index (χ0) is 16.7. The van der Waals surface area contributed by atoms with E-state index in [1.165, 1.54) is 6.08 Å². The van der Waals surface area contributed by atoms with Gasteiger partial charge in [-0.25, -0.2) is 0 Å². The maximum absolute atomic E-state index is 12.1. The van der Waals surface area contributed by atoms with Crippen LogP contribution in [0.3, 0.4) is 0 Å². The van der Waals surface area contributed by atoms with Crippen LogP contribution < -0.4 is 4.74 Å². The Balaban J connectivity index is 2.00. The van der Waals surface area contributed by atoms with Gasteiger partial charge in [-0.05, 0) is 48.0 Å². The zero-order valence-corrected chi connectivity index (χ0v) is 13.8. The van der Waals surface area contributed by atoms with Crippen LogP contribution in [0.4, 0.5) is 0 Å². The molecule has 2 aromatic carbocycles. The number of carbonyl (C=O) groups excluding carboxylic acids is 1. The summed E-state index contributed by atoms with van der Waals surface area (Å²) in [5.74, 6) is -0.416. The quantitative estimate of drug-likeness (QED) is 0.582. The van der Waals surface area contributed by atoms with Crippen molar-refractivity contribution in [3.63, 3.8) is 0 Å². The summed E-state index contributed by atoms with van der Waals surface area (Å²) in [6, 6.07) is 14.3. The molecule has 0 bridgehead atoms. The first-order chi connectivity index (χ1) is 11.0. The molecule has 2 aromatic rings. The Kier molecular flexibility index (Phi) is 6.11. The van der Waals surface area contributed by atoms with E-state index in [2.05, 4.69) is 15.9 Å². The molecular weight excluding hydrogens is 360 g/mol. The standard InChI is InChI=1S/C18H15BrO4/c19-15-7-5-14(6-8-15)17(20)9-4-13-2-1-3-16(12-13)23-11-10-18(21)22/h1-9,12H,10-11H2,(H,21,22)/b9-4+. The van der Waals surface area contributed by atoms with E-state index in [9.17, 15) is 9.59 Å². The van der Waals surface area contributed by atoms with E-state index >= 15 is 0 Å². The Hall–Kier alpha value is -2.40. The van der Waals surface area contributed by atoms with E-state index in [1.54, 1.807) is 36.4 Å². The lowest BCUT2D eigenvalue weighted by molar-refractivity contribution is -0.137. The minimum Gasteiger partial charge on any atom is -0.493 e. The number of carboxylic acids is 1. The van der Waals surface area contributed by atoms with Crippen molar-refractivity contribution < 1.29 is 19.4 Å². The van der Waals surface area contributed by atoms with Gasteiger partial charge in [-0.1, -0.05) is 34.1 Å². The molecule has 118 valence electrons. The molecule has 0 saturated carbocycles. The van der Waals surface area contributed by atoms with Crippen LogP contribution in [0.15, 0.2) is 59.1 Å². The van der Waals surface area contributed by atoms with Gasteiger partial charge in [0.2, 0.25) is 0 Å². The van der Waals surface area contributed by atoms with Crippen molar-refractivity contribution in [2.75, 3.05) is 6.61 Å². The third-order valence-corrected chi connectivity index (χ3v) is 3.53. The van der Waals surface area contributed by atoms with Crippen LogP contribution in [0.1, 0.15) is 22.3 Å². The molecule has 1 N–H and O–H groups in total. The van der Waals surface area contributed by atoms with Crippen LogP contribution in [0, 0.1) is 0 Å². The number of benzene rings is 2. The minimum absolute atomic E-state index is 0.0535. The number of ketones is 1. The van der Waals surface area contributed by atoms with Crippen LogP contribution in [-0.2, 0) is 4.79 Å². The lowest BCUT2D eigenvalue weighted by atomic mass is 10.1. The van der Waals surface area contributed by atoms with Gasteiger partial charge < -0.3 is 9.84 Å². The average molecular weight is 375 g/mol. The van der Waals surface area contributed by atoms with E-state index in [-0.39, 0.29) is 18.8 Å². The topological polar surface area (TPSA) is 63.6 Å². The summed E-state index contributed by atoms with van der Waals surface area (Å²) >= 11 is 3.33. The maximum atomic E-state index is 12.1. The Labute approximate surface area is 142 Å². The third kappa shape index (κ3) is 5.71. The van der Waals surface area contributed by atoms with Gasteiger partial charge in [0, 0.05) is 10.0 Å². The van der Waals surface area contributed by atoms with Crippen LogP contribution in [0.5, 0.6) is 5.75 Å². The Morgan fingerprint density at radius 1 is 1.13 bits per heavy atom. The van der Waals surface area contributed by atoms with Gasteiger partial charge in [0.25, 0.3) is 0 Å². The molecule has 0 fully saturated rings. The predicted octanol–water partition coefficient (Wildman–Crippen LogP) is 4.20. The van der Waals surface area contributed by atoms with Gasteiger partial charge in [0.05, 0.1) is 13.0 Å². The third-order valence-electron chi connectivity index (χ3n) is 3.00. The first kappa shape index (κ1) is 17.0. The van der Waals surface area contributed by atoms with Gasteiger partial charge in [-0.3, -0.25) is 9.59 Å². The maximum Gasteiger partial charge on any atom is 0.306 e. The van der Waals surface area contributed by atoms with Crippen molar-refractivity contribution in [2.24, 2.45) is 0 Å². The molecule has 0 aliphatic carbocycles. The molecule has 0 aliphatic heterocycles. The molecule has 2 rings (SSSR count). The molecule has 0 radical (unpaired) electrons. The number of carbonyl (C=O) groups is 2. The van der Waals surface area contributed by atoms with Crippen molar-refractivity contribution in [3.05, 3.63) is 70.2 Å². The molecule has 0 aromatic heterocycles. The number of aliphatic carboxylic acids is 1. The monoisotopic (exact) mass is 374 g/mol. The van der Waals surface area contributed by atoms with E-state index in [1.807, 2.05) is 18.2 Å². The summed E-state index contributed by atoms with van der Waals surface area (Å²) in [6.07, 6.45) is 3.15. The molecular formula is C18H15BrO4.